The quantitative estimate of drug-likeness (QED) is 0.0880. The number of anilines is 2. The first-order valence-corrected chi connectivity index (χ1v) is 24.6. The van der Waals surface area contributed by atoms with Crippen molar-refractivity contribution in [2.45, 2.75) is 75.8 Å². The maximum atomic E-state index is 15.8. The number of ether oxygens (including phenoxy) is 2. The summed E-state index contributed by atoms with van der Waals surface area (Å²) in [7, 11) is -0.688. The summed E-state index contributed by atoms with van der Waals surface area (Å²) in [6.07, 6.45) is 5.88. The molecule has 6 heterocycles. The molecule has 1 aliphatic carbocycles. The van der Waals surface area contributed by atoms with Gasteiger partial charge in [-0.25, -0.2) is 18.2 Å². The minimum absolute atomic E-state index is 0.000231. The Labute approximate surface area is 396 Å². The van der Waals surface area contributed by atoms with E-state index in [1.54, 1.807) is 18.3 Å². The van der Waals surface area contributed by atoms with Gasteiger partial charge in [0.25, 0.3) is 5.91 Å². The number of benzene rings is 3. The predicted molar refractivity (Wildman–Crippen MR) is 249 cm³/mol. The van der Waals surface area contributed by atoms with Crippen molar-refractivity contribution >= 4 is 56.1 Å². The molecule has 1 unspecified atom stereocenters. The first kappa shape index (κ1) is 46.2. The summed E-state index contributed by atoms with van der Waals surface area (Å²) in [5, 5.41) is 2.67. The van der Waals surface area contributed by atoms with E-state index in [1.807, 2.05) is 35.1 Å². The van der Waals surface area contributed by atoms with Gasteiger partial charge in [0.2, 0.25) is 17.6 Å². The van der Waals surface area contributed by atoms with Crippen molar-refractivity contribution in [2.24, 2.45) is 5.92 Å². The monoisotopic (exact) mass is 968 g/mol. The van der Waals surface area contributed by atoms with E-state index in [0.29, 0.717) is 45.6 Å². The summed E-state index contributed by atoms with van der Waals surface area (Å²) < 4.78 is 85.2. The van der Waals surface area contributed by atoms with Crippen molar-refractivity contribution in [2.75, 3.05) is 56.5 Å². The van der Waals surface area contributed by atoms with Crippen LogP contribution in [0.4, 0.5) is 24.5 Å². The van der Waals surface area contributed by atoms with Crippen molar-refractivity contribution in [3.8, 4) is 22.6 Å². The molecule has 0 spiro atoms. The van der Waals surface area contributed by atoms with Gasteiger partial charge in [-0.15, -0.1) is 0 Å². The molecule has 2 aromatic heterocycles. The van der Waals surface area contributed by atoms with Crippen molar-refractivity contribution in [1.82, 2.24) is 29.4 Å². The molecule has 20 heteroatoms. The van der Waals surface area contributed by atoms with Crippen molar-refractivity contribution in [3.63, 3.8) is 0 Å². The van der Waals surface area contributed by atoms with Crippen LogP contribution in [-0.2, 0) is 26.3 Å². The molecule has 5 aromatic rings. The minimum Gasteiger partial charge on any atom is -0.496 e. The molecule has 362 valence electrons. The molecule has 69 heavy (non-hydrogen) atoms. The van der Waals surface area contributed by atoms with Crippen LogP contribution in [0.25, 0.3) is 22.2 Å². The zero-order valence-electron chi connectivity index (χ0n) is 38.0. The number of imide groups is 1. The number of hydrogen-bond donors (Lipinski definition) is 3. The van der Waals surface area contributed by atoms with E-state index < -0.39 is 63.5 Å². The number of amides is 3. The van der Waals surface area contributed by atoms with E-state index >= 15 is 8.78 Å². The van der Waals surface area contributed by atoms with Gasteiger partial charge in [0.15, 0.2) is 5.82 Å². The highest BCUT2D eigenvalue weighted by Gasteiger charge is 2.42. The summed E-state index contributed by atoms with van der Waals surface area (Å²) in [6, 6.07) is 14.7. The molecule has 16 nitrogen and oxygen atoms in total. The van der Waals surface area contributed by atoms with E-state index in [4.69, 9.17) is 9.47 Å². The highest BCUT2D eigenvalue weighted by molar-refractivity contribution is 7.90. The number of rotatable bonds is 14. The molecule has 10 rings (SSSR count). The normalized spacial score (nSPS) is 22.3. The first-order valence-electron chi connectivity index (χ1n) is 23.1. The van der Waals surface area contributed by atoms with E-state index in [-0.39, 0.29) is 55.8 Å². The zero-order valence-corrected chi connectivity index (χ0v) is 38.8. The van der Waals surface area contributed by atoms with Crippen LogP contribution in [-0.4, -0.2) is 127 Å². The maximum absolute atomic E-state index is 15.8. The number of carbonyl (C=O) groups excluding carboxylic acids is 4. The number of piperidine rings is 2. The predicted octanol–water partition coefficient (Wildman–Crippen LogP) is 5.97. The van der Waals surface area contributed by atoms with Gasteiger partial charge >= 0.3 is 10.2 Å². The Morgan fingerprint density at radius 2 is 1.74 bits per heavy atom. The number of aromatic nitrogens is 2. The topological polar surface area (TPSA) is 187 Å². The summed E-state index contributed by atoms with van der Waals surface area (Å²) in [5.74, 6) is -3.10. The molecule has 4 aliphatic heterocycles. The van der Waals surface area contributed by atoms with E-state index in [9.17, 15) is 32.0 Å². The molecule has 3 N–H and O–H groups in total. The molecule has 2 atom stereocenters. The van der Waals surface area contributed by atoms with Crippen LogP contribution >= 0.6 is 0 Å². The molecular weight excluding hydrogens is 918 g/mol. The summed E-state index contributed by atoms with van der Waals surface area (Å²) >= 11 is 0. The first-order chi connectivity index (χ1) is 33.1. The number of carbonyl (C=O) groups is 4. The average molecular weight is 969 g/mol. The van der Waals surface area contributed by atoms with Crippen LogP contribution in [0.1, 0.15) is 76.8 Å². The number of nitrogens with one attached hydrogen (secondary N) is 3. The van der Waals surface area contributed by atoms with Gasteiger partial charge in [-0.2, -0.15) is 12.7 Å². The minimum atomic E-state index is -4.36. The fourth-order valence-electron chi connectivity index (χ4n) is 10.3. The van der Waals surface area contributed by atoms with E-state index in [1.165, 1.54) is 18.2 Å². The Bertz CT molecular complexity index is 2980. The molecule has 1 saturated carbocycles. The lowest BCUT2D eigenvalue weighted by molar-refractivity contribution is -0.136. The van der Waals surface area contributed by atoms with Gasteiger partial charge in [-0.3, -0.25) is 29.2 Å². The van der Waals surface area contributed by atoms with Crippen molar-refractivity contribution < 1.29 is 50.2 Å². The van der Waals surface area contributed by atoms with Gasteiger partial charge in [0, 0.05) is 105 Å². The maximum Gasteiger partial charge on any atom is 0.301 e. The van der Waals surface area contributed by atoms with Crippen LogP contribution in [0.5, 0.6) is 11.5 Å². The van der Waals surface area contributed by atoms with Gasteiger partial charge in [0.05, 0.1) is 23.9 Å². The number of alkyl halides is 1. The summed E-state index contributed by atoms with van der Waals surface area (Å²) in [5.41, 5.74) is 2.43. The number of methoxy groups -OCH3 is 1. The third kappa shape index (κ3) is 9.00. The van der Waals surface area contributed by atoms with Crippen LogP contribution < -0.4 is 24.4 Å². The van der Waals surface area contributed by atoms with Crippen molar-refractivity contribution in [3.05, 3.63) is 101 Å². The highest BCUT2D eigenvalue weighted by Crippen LogP contribution is 2.40. The van der Waals surface area contributed by atoms with Gasteiger partial charge in [-0.05, 0) is 86.2 Å². The number of fused-ring (bicyclic) bond motifs is 2. The van der Waals surface area contributed by atoms with E-state index in [0.717, 1.165) is 78.6 Å². The molecular formula is C49H51F3N8O8S. The Balaban J connectivity index is 0.720. The SMILES string of the molecule is COc1cc(O[C@H]2C[C@H](N(C)CC3CCN(c4ccc(-c5cnc6[nH]cc(C(=O)c7c(F)ccc(NS(=O)(=O)N8CC[C@@H](F)C8)c7F)c6c5)cc4)CC3)C2)cc2c1C(=O)N(C1CCC(=O)NC1=O)C2. The molecule has 5 aliphatic rings. The van der Waals surface area contributed by atoms with Gasteiger partial charge in [-0.1, -0.05) is 12.1 Å². The fourth-order valence-corrected chi connectivity index (χ4v) is 11.6. The van der Waals surface area contributed by atoms with Crippen molar-refractivity contribution in [1.29, 1.82) is 0 Å². The molecule has 4 fully saturated rings. The molecule has 3 aromatic carbocycles. The largest absolute Gasteiger partial charge is 0.496 e. The lowest BCUT2D eigenvalue weighted by Gasteiger charge is -2.43. The summed E-state index contributed by atoms with van der Waals surface area (Å²) in [6.45, 7) is 2.51. The average Bonchev–Trinajstić information content (AvgIpc) is 4.05. The highest BCUT2D eigenvalue weighted by atomic mass is 32.2. The van der Waals surface area contributed by atoms with Gasteiger partial charge < -0.3 is 29.2 Å². The number of halogens is 3. The Kier molecular flexibility index (Phi) is 12.3. The Hall–Kier alpha value is -6.51. The standard InChI is InChI=1S/C49H51F3N8O8S/c1-57(33-19-35(20-33)68-34-17-30-25-60(40-9-10-42(61)55-48(40)63)49(64)43(30)41(21-34)67-2)24-27-11-14-58(15-12-27)32-5-3-28(4-6-32)29-18-36-37(23-54-47(36)53-22-29)46(62)44-38(51)7-8-39(45(44)52)56-69(65,66)59-16-13-31(50)26-59/h3-8,17-18,21-23,27,31,33,35,40,56H,9-16,19-20,24-26H2,1-2H3,(H,53,54)(H,55,61,63)/t31-,33-,35-,40?/m1/s1. The number of hydrogen-bond acceptors (Lipinski definition) is 11. The smallest absolute Gasteiger partial charge is 0.301 e. The van der Waals surface area contributed by atoms with Crippen LogP contribution in [0.15, 0.2) is 67.0 Å². The number of pyridine rings is 1. The molecule has 0 radical (unpaired) electrons. The number of ketones is 1. The zero-order chi connectivity index (χ0) is 48.3. The number of nitrogens with zero attached hydrogens (tertiary/aromatic N) is 5. The van der Waals surface area contributed by atoms with Crippen LogP contribution in [0.2, 0.25) is 0 Å². The summed E-state index contributed by atoms with van der Waals surface area (Å²) in [4.78, 5) is 65.0. The van der Waals surface area contributed by atoms with E-state index in [2.05, 4.69) is 32.1 Å². The lowest BCUT2D eigenvalue weighted by Crippen LogP contribution is -2.52. The second-order valence-corrected chi connectivity index (χ2v) is 20.3. The fraction of sp³-hybridized carbons (Fsp3) is 0.408. The number of H-pyrrole nitrogens is 1. The Morgan fingerprint density at radius 3 is 2.45 bits per heavy atom. The lowest BCUT2D eigenvalue weighted by atomic mass is 9.86. The third-order valence-corrected chi connectivity index (χ3v) is 15.8. The van der Waals surface area contributed by atoms with Crippen LogP contribution in [0.3, 0.4) is 0 Å². The van der Waals surface area contributed by atoms with Gasteiger partial charge in [0.1, 0.15) is 41.3 Å². The second kappa shape index (κ2) is 18.4. The molecule has 3 saturated heterocycles. The number of aromatic amines is 1. The molecule has 0 bridgehead atoms. The third-order valence-electron chi connectivity index (χ3n) is 14.3. The molecule has 3 amide bonds. The second-order valence-electron chi connectivity index (χ2n) is 18.6. The Morgan fingerprint density at radius 1 is 0.971 bits per heavy atom. The van der Waals surface area contributed by atoms with Crippen LogP contribution in [0, 0.1) is 17.6 Å².